The third kappa shape index (κ3) is 2.28. The lowest BCUT2D eigenvalue weighted by Gasteiger charge is -2.19. The third-order valence-corrected chi connectivity index (χ3v) is 3.46. The van der Waals surface area contributed by atoms with Crippen LogP contribution in [0.25, 0.3) is 0 Å². The fourth-order valence-corrected chi connectivity index (χ4v) is 2.24. The molecular formula is C11H17ClN4. The Morgan fingerprint density at radius 2 is 2.25 bits per heavy atom. The van der Waals surface area contributed by atoms with Crippen molar-refractivity contribution in [3.63, 3.8) is 0 Å². The fraction of sp³-hybridized carbons (Fsp3) is 0.636. The molecular weight excluding hydrogens is 224 g/mol. The first-order valence-corrected chi connectivity index (χ1v) is 5.98. The van der Waals surface area contributed by atoms with Crippen LogP contribution in [-0.4, -0.2) is 34.2 Å². The van der Waals surface area contributed by atoms with Crippen molar-refractivity contribution < 1.29 is 0 Å². The van der Waals surface area contributed by atoms with E-state index < -0.39 is 0 Å². The van der Waals surface area contributed by atoms with E-state index in [4.69, 9.17) is 17.3 Å². The largest absolute Gasteiger partial charge is 0.381 e. The minimum absolute atomic E-state index is 0.309. The van der Waals surface area contributed by atoms with Gasteiger partial charge >= 0.3 is 0 Å². The number of nitrogens with zero attached hydrogens (tertiary/aromatic N) is 3. The molecule has 16 heavy (non-hydrogen) atoms. The van der Waals surface area contributed by atoms with Gasteiger partial charge in [-0.05, 0) is 32.9 Å². The maximum Gasteiger partial charge on any atom is 0.164 e. The van der Waals surface area contributed by atoms with E-state index in [9.17, 15) is 0 Å². The number of likely N-dealkylation sites (tertiary alicyclic amines) is 1. The number of halogens is 1. The van der Waals surface area contributed by atoms with Gasteiger partial charge in [-0.25, -0.2) is 0 Å². The van der Waals surface area contributed by atoms with Crippen LogP contribution >= 0.6 is 11.6 Å². The van der Waals surface area contributed by atoms with Gasteiger partial charge in [-0.3, -0.25) is 0 Å². The highest BCUT2D eigenvalue weighted by Gasteiger charge is 2.26. The summed E-state index contributed by atoms with van der Waals surface area (Å²) in [6.45, 7) is 6.58. The highest BCUT2D eigenvalue weighted by Crippen LogP contribution is 2.28. The molecule has 1 fully saturated rings. The van der Waals surface area contributed by atoms with Crippen molar-refractivity contribution in [2.45, 2.75) is 32.2 Å². The first-order valence-electron chi connectivity index (χ1n) is 5.60. The van der Waals surface area contributed by atoms with Crippen molar-refractivity contribution in [1.82, 2.24) is 15.1 Å². The lowest BCUT2D eigenvalue weighted by molar-refractivity contribution is 0.272. The topological polar surface area (TPSA) is 55.0 Å². The molecule has 1 aliphatic heterocycles. The van der Waals surface area contributed by atoms with E-state index in [0.29, 0.717) is 22.8 Å². The Bertz CT molecular complexity index is 380. The zero-order valence-electron chi connectivity index (χ0n) is 9.65. The predicted octanol–water partition coefficient (Wildman–Crippen LogP) is 1.91. The van der Waals surface area contributed by atoms with Gasteiger partial charge in [0.15, 0.2) is 5.82 Å². The summed E-state index contributed by atoms with van der Waals surface area (Å²) in [6, 6.07) is 2.43. The van der Waals surface area contributed by atoms with Crippen LogP contribution in [0.2, 0.25) is 5.02 Å². The van der Waals surface area contributed by atoms with Crippen molar-refractivity contribution in [3.05, 3.63) is 16.8 Å². The molecule has 0 aromatic carbocycles. The van der Waals surface area contributed by atoms with Gasteiger partial charge in [0, 0.05) is 18.5 Å². The molecule has 0 saturated carbocycles. The second-order valence-corrected chi connectivity index (χ2v) is 4.98. The standard InChI is InChI=1S/C11H17ClN4/c1-7(2)16-4-3-8(6-16)10-5-9(12)11(13)15-14-10/h5,7-8H,3-4,6H2,1-2H3,(H2,13,15). The highest BCUT2D eigenvalue weighted by molar-refractivity contribution is 6.32. The molecule has 1 unspecified atom stereocenters. The number of anilines is 1. The molecule has 0 radical (unpaired) electrons. The number of hydrogen-bond acceptors (Lipinski definition) is 4. The number of aromatic nitrogens is 2. The first kappa shape index (κ1) is 11.6. The summed E-state index contributed by atoms with van der Waals surface area (Å²) in [5.74, 6) is 0.747. The van der Waals surface area contributed by atoms with Crippen LogP contribution in [0, 0.1) is 0 Å². The molecule has 1 aliphatic rings. The summed E-state index contributed by atoms with van der Waals surface area (Å²) in [5.41, 5.74) is 6.51. The van der Waals surface area contributed by atoms with Crippen LogP contribution in [0.5, 0.6) is 0 Å². The molecule has 1 aromatic heterocycles. The Labute approximate surface area is 101 Å². The van der Waals surface area contributed by atoms with E-state index >= 15 is 0 Å². The Hall–Kier alpha value is -0.870. The molecule has 2 heterocycles. The van der Waals surface area contributed by atoms with Crippen molar-refractivity contribution in [2.24, 2.45) is 0 Å². The van der Waals surface area contributed by atoms with Crippen molar-refractivity contribution in [2.75, 3.05) is 18.8 Å². The molecule has 88 valence electrons. The number of nitrogen functional groups attached to an aromatic ring is 1. The summed E-state index contributed by atoms with van der Waals surface area (Å²) in [7, 11) is 0. The van der Waals surface area contributed by atoms with Gasteiger partial charge in [-0.2, -0.15) is 5.10 Å². The third-order valence-electron chi connectivity index (χ3n) is 3.16. The molecule has 0 spiro atoms. The highest BCUT2D eigenvalue weighted by atomic mass is 35.5. The summed E-state index contributed by atoms with van der Waals surface area (Å²) in [6.07, 6.45) is 1.12. The quantitative estimate of drug-likeness (QED) is 0.858. The molecule has 1 atom stereocenters. The van der Waals surface area contributed by atoms with E-state index in [1.165, 1.54) is 0 Å². The van der Waals surface area contributed by atoms with Gasteiger partial charge in [0.05, 0.1) is 10.7 Å². The molecule has 2 rings (SSSR count). The van der Waals surface area contributed by atoms with E-state index in [-0.39, 0.29) is 0 Å². The Kier molecular flexibility index (Phi) is 3.30. The molecule has 2 N–H and O–H groups in total. The van der Waals surface area contributed by atoms with Gasteiger partial charge in [0.2, 0.25) is 0 Å². The van der Waals surface area contributed by atoms with E-state index in [0.717, 1.165) is 25.2 Å². The van der Waals surface area contributed by atoms with Crippen LogP contribution in [0.4, 0.5) is 5.82 Å². The van der Waals surface area contributed by atoms with Crippen LogP contribution in [0.1, 0.15) is 31.9 Å². The summed E-state index contributed by atoms with van der Waals surface area (Å²) in [4.78, 5) is 2.44. The zero-order valence-corrected chi connectivity index (χ0v) is 10.4. The summed E-state index contributed by atoms with van der Waals surface area (Å²) < 4.78 is 0. The monoisotopic (exact) mass is 240 g/mol. The van der Waals surface area contributed by atoms with E-state index in [2.05, 4.69) is 28.9 Å². The van der Waals surface area contributed by atoms with Gasteiger partial charge in [-0.15, -0.1) is 5.10 Å². The minimum atomic E-state index is 0.309. The lowest BCUT2D eigenvalue weighted by Crippen LogP contribution is -2.28. The van der Waals surface area contributed by atoms with Crippen LogP contribution in [0.3, 0.4) is 0 Å². The first-order chi connectivity index (χ1) is 7.58. The molecule has 4 nitrogen and oxygen atoms in total. The molecule has 1 saturated heterocycles. The number of nitrogens with two attached hydrogens (primary N) is 1. The minimum Gasteiger partial charge on any atom is -0.381 e. The van der Waals surface area contributed by atoms with Gasteiger partial charge in [-0.1, -0.05) is 11.6 Å². The smallest absolute Gasteiger partial charge is 0.164 e. The zero-order chi connectivity index (χ0) is 11.7. The maximum absolute atomic E-state index is 5.95. The van der Waals surface area contributed by atoms with E-state index in [1.54, 1.807) is 0 Å². The molecule has 5 heteroatoms. The number of hydrogen-bond donors (Lipinski definition) is 1. The summed E-state index contributed by atoms with van der Waals surface area (Å²) >= 11 is 5.95. The Morgan fingerprint density at radius 1 is 1.50 bits per heavy atom. The van der Waals surface area contributed by atoms with E-state index in [1.807, 2.05) is 6.07 Å². The number of rotatable bonds is 2. The van der Waals surface area contributed by atoms with Crippen molar-refractivity contribution in [3.8, 4) is 0 Å². The van der Waals surface area contributed by atoms with Crippen LogP contribution in [-0.2, 0) is 0 Å². The van der Waals surface area contributed by atoms with Gasteiger partial charge in [0.25, 0.3) is 0 Å². The summed E-state index contributed by atoms with van der Waals surface area (Å²) in [5, 5.41) is 8.51. The molecule has 0 aliphatic carbocycles. The normalized spacial score (nSPS) is 21.9. The van der Waals surface area contributed by atoms with Crippen molar-refractivity contribution in [1.29, 1.82) is 0 Å². The Balaban J connectivity index is 2.11. The predicted molar refractivity (Wildman–Crippen MR) is 65.5 cm³/mol. The van der Waals surface area contributed by atoms with Crippen LogP contribution < -0.4 is 5.73 Å². The van der Waals surface area contributed by atoms with Crippen molar-refractivity contribution >= 4 is 17.4 Å². The molecule has 0 bridgehead atoms. The fourth-order valence-electron chi connectivity index (χ4n) is 2.09. The Morgan fingerprint density at radius 3 is 2.81 bits per heavy atom. The average molecular weight is 241 g/mol. The maximum atomic E-state index is 5.95. The SMILES string of the molecule is CC(C)N1CCC(c2cc(Cl)c(N)nn2)C1. The second kappa shape index (κ2) is 4.55. The molecule has 1 aromatic rings. The lowest BCUT2D eigenvalue weighted by atomic mass is 10.0. The molecule has 0 amide bonds. The van der Waals surface area contributed by atoms with Gasteiger partial charge < -0.3 is 10.6 Å². The second-order valence-electron chi connectivity index (χ2n) is 4.58. The van der Waals surface area contributed by atoms with Gasteiger partial charge in [0.1, 0.15) is 0 Å². The van der Waals surface area contributed by atoms with Crippen LogP contribution in [0.15, 0.2) is 6.07 Å². The average Bonchev–Trinajstić information content (AvgIpc) is 2.71.